The summed E-state index contributed by atoms with van der Waals surface area (Å²) < 4.78 is 44.5. The van der Waals surface area contributed by atoms with Crippen molar-refractivity contribution >= 4 is 17.3 Å². The molecule has 35 heavy (non-hydrogen) atoms. The van der Waals surface area contributed by atoms with Crippen LogP contribution >= 0.6 is 0 Å². The smallest absolute Gasteiger partial charge is 0.416 e. The Hall–Kier alpha value is -3.59. The topological polar surface area (TPSA) is 66.5 Å². The lowest BCUT2D eigenvalue weighted by Gasteiger charge is -2.34. The predicted octanol–water partition coefficient (Wildman–Crippen LogP) is 4.99. The fourth-order valence-corrected chi connectivity index (χ4v) is 4.03. The summed E-state index contributed by atoms with van der Waals surface area (Å²) in [6.45, 7) is 3.02. The Kier molecular flexibility index (Phi) is 7.87. The van der Waals surface area contributed by atoms with Crippen molar-refractivity contribution in [2.45, 2.75) is 25.1 Å². The molecule has 6 nitrogen and oxygen atoms in total. The Bertz CT molecular complexity index is 1120. The maximum Gasteiger partial charge on any atom is 0.416 e. The van der Waals surface area contributed by atoms with Gasteiger partial charge in [0.2, 0.25) is 0 Å². The number of alkyl halides is 3. The molecular weight excluding hydrogens is 457 g/mol. The van der Waals surface area contributed by atoms with Gasteiger partial charge in [0.05, 0.1) is 11.8 Å². The zero-order valence-corrected chi connectivity index (χ0v) is 19.1. The average molecular weight is 485 g/mol. The molecule has 2 N–H and O–H groups in total. The average Bonchev–Trinajstić information content (AvgIpc) is 2.87. The summed E-state index contributed by atoms with van der Waals surface area (Å²) in [4.78, 5) is 18.8. The van der Waals surface area contributed by atoms with Crippen LogP contribution in [0.5, 0.6) is 5.75 Å². The minimum atomic E-state index is -4.50. The second kappa shape index (κ2) is 11.2. The van der Waals surface area contributed by atoms with Gasteiger partial charge in [-0.3, -0.25) is 9.78 Å². The van der Waals surface area contributed by atoms with Crippen molar-refractivity contribution in [2.75, 3.05) is 36.5 Å². The highest BCUT2D eigenvalue weighted by molar-refractivity contribution is 6.04. The first-order chi connectivity index (χ1) is 16.9. The molecule has 1 aliphatic heterocycles. The van der Waals surface area contributed by atoms with E-state index in [1.165, 1.54) is 12.1 Å². The van der Waals surface area contributed by atoms with Crippen molar-refractivity contribution in [2.24, 2.45) is 0 Å². The number of ether oxygens (including phenoxy) is 1. The third-order valence-corrected chi connectivity index (χ3v) is 5.85. The van der Waals surface area contributed by atoms with E-state index in [1.54, 1.807) is 18.5 Å². The first-order valence-corrected chi connectivity index (χ1v) is 11.5. The number of aromatic nitrogens is 1. The quantitative estimate of drug-likeness (QED) is 0.441. The zero-order chi connectivity index (χ0) is 24.7. The normalized spacial score (nSPS) is 14.5. The molecule has 0 saturated carbocycles. The van der Waals surface area contributed by atoms with Crippen molar-refractivity contribution in [3.63, 3.8) is 0 Å². The first-order valence-electron chi connectivity index (χ1n) is 11.5. The monoisotopic (exact) mass is 484 g/mol. The summed E-state index contributed by atoms with van der Waals surface area (Å²) in [5.74, 6) is 0.175. The van der Waals surface area contributed by atoms with Crippen molar-refractivity contribution in [3.05, 3.63) is 84.2 Å². The molecule has 0 unspecified atom stereocenters. The molecule has 184 valence electrons. The van der Waals surface area contributed by atoms with Gasteiger partial charge in [0, 0.05) is 48.8 Å². The molecule has 0 atom stereocenters. The molecule has 1 fully saturated rings. The van der Waals surface area contributed by atoms with Crippen molar-refractivity contribution in [3.8, 4) is 5.75 Å². The number of nitrogens with one attached hydrogen (secondary N) is 2. The van der Waals surface area contributed by atoms with Crippen LogP contribution in [-0.2, 0) is 6.18 Å². The Morgan fingerprint density at radius 3 is 2.60 bits per heavy atom. The number of nitrogens with zero attached hydrogens (tertiary/aromatic N) is 2. The van der Waals surface area contributed by atoms with Gasteiger partial charge in [-0.2, -0.15) is 13.2 Å². The van der Waals surface area contributed by atoms with E-state index in [2.05, 4.69) is 20.5 Å². The molecule has 1 aliphatic rings. The lowest BCUT2D eigenvalue weighted by Crippen LogP contribution is -2.43. The molecule has 0 aliphatic carbocycles. The van der Waals surface area contributed by atoms with E-state index in [0.717, 1.165) is 56.0 Å². The number of anilines is 2. The zero-order valence-electron chi connectivity index (χ0n) is 19.1. The van der Waals surface area contributed by atoms with Crippen LogP contribution < -0.4 is 20.3 Å². The third-order valence-electron chi connectivity index (χ3n) is 5.85. The van der Waals surface area contributed by atoms with E-state index in [9.17, 15) is 18.0 Å². The number of piperidine rings is 1. The molecular formula is C26H27F3N4O2. The second-order valence-corrected chi connectivity index (χ2v) is 8.34. The van der Waals surface area contributed by atoms with Gasteiger partial charge in [0.15, 0.2) is 0 Å². The number of rotatable bonds is 8. The minimum absolute atomic E-state index is 0.0374. The van der Waals surface area contributed by atoms with Crippen LogP contribution in [0.1, 0.15) is 28.8 Å². The fraction of sp³-hybridized carbons (Fsp3) is 0.308. The lowest BCUT2D eigenvalue weighted by molar-refractivity contribution is -0.137. The first kappa shape index (κ1) is 24.5. The van der Waals surface area contributed by atoms with Gasteiger partial charge in [-0.05, 0) is 61.4 Å². The molecule has 0 spiro atoms. The number of hydrogen-bond acceptors (Lipinski definition) is 5. The molecule has 2 heterocycles. The maximum absolute atomic E-state index is 13.0. The Labute approximate surface area is 202 Å². The Balaban J connectivity index is 1.26. The number of benzene rings is 2. The van der Waals surface area contributed by atoms with Crippen LogP contribution in [0.2, 0.25) is 0 Å². The number of halogens is 3. The molecule has 9 heteroatoms. The van der Waals surface area contributed by atoms with Gasteiger partial charge < -0.3 is 20.3 Å². The SMILES string of the molecule is O=C(Nc1cccc(N2CCC(NCCOc3cccnc3)CC2)c1)c1cccc(C(F)(F)F)c1. The molecule has 1 aromatic heterocycles. The molecule has 0 bridgehead atoms. The molecule has 1 amide bonds. The summed E-state index contributed by atoms with van der Waals surface area (Å²) in [6.07, 6.45) is 0.832. The van der Waals surface area contributed by atoms with Gasteiger partial charge in [-0.1, -0.05) is 12.1 Å². The number of carbonyl (C=O) groups excluding carboxylic acids is 1. The Morgan fingerprint density at radius 2 is 1.86 bits per heavy atom. The van der Waals surface area contributed by atoms with E-state index in [0.29, 0.717) is 18.3 Å². The third kappa shape index (κ3) is 6.95. The minimum Gasteiger partial charge on any atom is -0.491 e. The molecule has 3 aromatic rings. The van der Waals surface area contributed by atoms with Crippen LogP contribution in [0.15, 0.2) is 73.1 Å². The summed E-state index contributed by atoms with van der Waals surface area (Å²) in [5, 5.41) is 6.23. The highest BCUT2D eigenvalue weighted by Gasteiger charge is 2.31. The van der Waals surface area contributed by atoms with Gasteiger partial charge >= 0.3 is 6.18 Å². The number of hydrogen-bond donors (Lipinski definition) is 2. The van der Waals surface area contributed by atoms with Crippen LogP contribution in [0.4, 0.5) is 24.5 Å². The standard InChI is InChI=1S/C26H27F3N4O2/c27-26(28,29)20-5-1-4-19(16-20)25(34)32-22-6-2-7-23(17-22)33-13-9-21(10-14-33)31-12-15-35-24-8-3-11-30-18-24/h1-8,11,16-18,21,31H,9-10,12-15H2,(H,32,34). The highest BCUT2D eigenvalue weighted by atomic mass is 19.4. The molecule has 2 aromatic carbocycles. The van der Waals surface area contributed by atoms with Crippen LogP contribution in [0, 0.1) is 0 Å². The van der Waals surface area contributed by atoms with Crippen LogP contribution in [-0.4, -0.2) is 43.2 Å². The van der Waals surface area contributed by atoms with Gasteiger partial charge in [0.1, 0.15) is 12.4 Å². The summed E-state index contributed by atoms with van der Waals surface area (Å²) in [5.41, 5.74) is 0.617. The van der Waals surface area contributed by atoms with Crippen LogP contribution in [0.25, 0.3) is 0 Å². The van der Waals surface area contributed by atoms with Gasteiger partial charge in [-0.25, -0.2) is 0 Å². The summed E-state index contributed by atoms with van der Waals surface area (Å²) >= 11 is 0. The van der Waals surface area contributed by atoms with Gasteiger partial charge in [-0.15, -0.1) is 0 Å². The second-order valence-electron chi connectivity index (χ2n) is 8.34. The van der Waals surface area contributed by atoms with E-state index < -0.39 is 17.6 Å². The summed E-state index contributed by atoms with van der Waals surface area (Å²) in [6, 6.07) is 15.9. The van der Waals surface area contributed by atoms with Crippen LogP contribution in [0.3, 0.4) is 0 Å². The lowest BCUT2D eigenvalue weighted by atomic mass is 10.0. The van der Waals surface area contributed by atoms with E-state index in [-0.39, 0.29) is 5.56 Å². The summed E-state index contributed by atoms with van der Waals surface area (Å²) in [7, 11) is 0. The van der Waals surface area contributed by atoms with E-state index in [4.69, 9.17) is 4.74 Å². The van der Waals surface area contributed by atoms with Crippen molar-refractivity contribution in [1.82, 2.24) is 10.3 Å². The largest absolute Gasteiger partial charge is 0.491 e. The molecule has 1 saturated heterocycles. The van der Waals surface area contributed by atoms with E-state index in [1.807, 2.05) is 30.3 Å². The number of carbonyl (C=O) groups is 1. The maximum atomic E-state index is 13.0. The fourth-order valence-electron chi connectivity index (χ4n) is 4.03. The van der Waals surface area contributed by atoms with Gasteiger partial charge in [0.25, 0.3) is 5.91 Å². The highest BCUT2D eigenvalue weighted by Crippen LogP contribution is 2.30. The number of pyridine rings is 1. The molecule has 0 radical (unpaired) electrons. The Morgan fingerprint density at radius 1 is 1.06 bits per heavy atom. The van der Waals surface area contributed by atoms with Crippen molar-refractivity contribution < 1.29 is 22.7 Å². The van der Waals surface area contributed by atoms with E-state index >= 15 is 0 Å². The number of amides is 1. The molecule has 4 rings (SSSR count). The predicted molar refractivity (Wildman–Crippen MR) is 129 cm³/mol. The van der Waals surface area contributed by atoms with Crippen molar-refractivity contribution in [1.29, 1.82) is 0 Å².